The summed E-state index contributed by atoms with van der Waals surface area (Å²) >= 11 is 0. The first-order valence-corrected chi connectivity index (χ1v) is 8.77. The Morgan fingerprint density at radius 2 is 1.56 bits per heavy atom. The SMILES string of the molecule is CC1(CNC(=O)C(F)(F)F)CN(c2ccccc2)CCN1c1ccccc1. The second-order valence-electron chi connectivity index (χ2n) is 6.92. The van der Waals surface area contributed by atoms with Gasteiger partial charge >= 0.3 is 12.1 Å². The van der Waals surface area contributed by atoms with E-state index in [1.807, 2.05) is 67.6 Å². The number of hydrogen-bond donors (Lipinski definition) is 1. The van der Waals surface area contributed by atoms with Crippen LogP contribution in [0.25, 0.3) is 0 Å². The van der Waals surface area contributed by atoms with E-state index in [2.05, 4.69) is 15.1 Å². The van der Waals surface area contributed by atoms with E-state index in [4.69, 9.17) is 0 Å². The number of carbonyl (C=O) groups is 1. The standard InChI is InChI=1S/C20H22F3N3O/c1-19(14-24-18(27)20(21,22)23)15-25(16-8-4-2-5-9-16)12-13-26(19)17-10-6-3-7-11-17/h2-11H,12-15H2,1H3,(H,24,27). The van der Waals surface area contributed by atoms with Crippen LogP contribution in [0.4, 0.5) is 24.5 Å². The zero-order valence-corrected chi connectivity index (χ0v) is 15.0. The highest BCUT2D eigenvalue weighted by molar-refractivity contribution is 5.81. The lowest BCUT2D eigenvalue weighted by atomic mass is 9.94. The summed E-state index contributed by atoms with van der Waals surface area (Å²) in [6.07, 6.45) is -4.89. The Kier molecular flexibility index (Phi) is 5.30. The molecular formula is C20H22F3N3O. The highest BCUT2D eigenvalue weighted by Crippen LogP contribution is 2.30. The summed E-state index contributed by atoms with van der Waals surface area (Å²) in [5.74, 6) is -1.91. The van der Waals surface area contributed by atoms with E-state index < -0.39 is 17.6 Å². The number of halogens is 3. The minimum Gasteiger partial charge on any atom is -0.367 e. The van der Waals surface area contributed by atoms with Crippen molar-refractivity contribution in [2.75, 3.05) is 36.0 Å². The summed E-state index contributed by atoms with van der Waals surface area (Å²) in [7, 11) is 0. The van der Waals surface area contributed by atoms with Gasteiger partial charge in [-0.25, -0.2) is 0 Å². The third kappa shape index (κ3) is 4.35. The average Bonchev–Trinajstić information content (AvgIpc) is 2.66. The third-order valence-electron chi connectivity index (χ3n) is 4.85. The topological polar surface area (TPSA) is 35.6 Å². The van der Waals surface area contributed by atoms with Gasteiger partial charge in [-0.1, -0.05) is 36.4 Å². The number of nitrogens with one attached hydrogen (secondary N) is 1. The highest BCUT2D eigenvalue weighted by Gasteiger charge is 2.43. The van der Waals surface area contributed by atoms with Gasteiger partial charge in [0, 0.05) is 37.6 Å². The van der Waals surface area contributed by atoms with Crippen molar-refractivity contribution < 1.29 is 18.0 Å². The number of benzene rings is 2. The Balaban J connectivity index is 1.85. The first kappa shape index (κ1) is 19.1. The number of para-hydroxylation sites is 2. The van der Waals surface area contributed by atoms with Crippen molar-refractivity contribution in [3.05, 3.63) is 60.7 Å². The Labute approximate surface area is 156 Å². The summed E-state index contributed by atoms with van der Waals surface area (Å²) in [4.78, 5) is 15.6. The van der Waals surface area contributed by atoms with E-state index in [1.54, 1.807) is 0 Å². The first-order valence-electron chi connectivity index (χ1n) is 8.77. The fourth-order valence-electron chi connectivity index (χ4n) is 3.50. The molecule has 2 aromatic rings. The van der Waals surface area contributed by atoms with E-state index in [0.29, 0.717) is 13.1 Å². The van der Waals surface area contributed by atoms with E-state index in [0.717, 1.165) is 17.9 Å². The predicted octanol–water partition coefficient (Wildman–Crippen LogP) is 3.45. The number of anilines is 2. The van der Waals surface area contributed by atoms with Crippen LogP contribution in [-0.2, 0) is 4.79 Å². The number of alkyl halides is 3. The van der Waals surface area contributed by atoms with Crippen molar-refractivity contribution in [2.45, 2.75) is 18.6 Å². The van der Waals surface area contributed by atoms with Crippen molar-refractivity contribution >= 4 is 17.3 Å². The van der Waals surface area contributed by atoms with Crippen molar-refractivity contribution in [1.82, 2.24) is 5.32 Å². The van der Waals surface area contributed by atoms with Crippen molar-refractivity contribution in [2.24, 2.45) is 0 Å². The molecule has 7 heteroatoms. The van der Waals surface area contributed by atoms with Crippen LogP contribution in [0.15, 0.2) is 60.7 Å². The number of rotatable bonds is 4. The Morgan fingerprint density at radius 3 is 2.11 bits per heavy atom. The van der Waals surface area contributed by atoms with Crippen LogP contribution in [0.2, 0.25) is 0 Å². The molecule has 3 rings (SSSR count). The monoisotopic (exact) mass is 377 g/mol. The molecule has 0 aliphatic carbocycles. The third-order valence-corrected chi connectivity index (χ3v) is 4.85. The molecule has 1 amide bonds. The van der Waals surface area contributed by atoms with Gasteiger partial charge in [-0.05, 0) is 31.2 Å². The lowest BCUT2D eigenvalue weighted by molar-refractivity contribution is -0.173. The second kappa shape index (κ2) is 7.50. The molecule has 144 valence electrons. The molecule has 1 unspecified atom stereocenters. The van der Waals surface area contributed by atoms with Gasteiger partial charge in [0.15, 0.2) is 0 Å². The van der Waals surface area contributed by atoms with E-state index in [-0.39, 0.29) is 6.54 Å². The van der Waals surface area contributed by atoms with E-state index >= 15 is 0 Å². The molecule has 1 N–H and O–H groups in total. The molecule has 1 fully saturated rings. The number of hydrogen-bond acceptors (Lipinski definition) is 3. The van der Waals surface area contributed by atoms with Gasteiger partial charge in [0.1, 0.15) is 0 Å². The van der Waals surface area contributed by atoms with Gasteiger partial charge < -0.3 is 15.1 Å². The number of piperazine rings is 1. The Bertz CT molecular complexity index is 767. The van der Waals surface area contributed by atoms with Crippen molar-refractivity contribution in [3.8, 4) is 0 Å². The molecule has 27 heavy (non-hydrogen) atoms. The van der Waals surface area contributed by atoms with Gasteiger partial charge in [0.25, 0.3) is 0 Å². The molecule has 1 heterocycles. The molecule has 1 saturated heterocycles. The molecule has 0 aromatic heterocycles. The van der Waals surface area contributed by atoms with Crippen LogP contribution in [0, 0.1) is 0 Å². The molecule has 4 nitrogen and oxygen atoms in total. The molecule has 0 bridgehead atoms. The number of nitrogens with zero attached hydrogens (tertiary/aromatic N) is 2. The zero-order chi connectivity index (χ0) is 19.5. The number of amides is 1. The van der Waals surface area contributed by atoms with Gasteiger partial charge in [-0.3, -0.25) is 4.79 Å². The minimum absolute atomic E-state index is 0.108. The van der Waals surface area contributed by atoms with Gasteiger partial charge in [-0.15, -0.1) is 0 Å². The van der Waals surface area contributed by atoms with Crippen LogP contribution < -0.4 is 15.1 Å². The zero-order valence-electron chi connectivity index (χ0n) is 15.0. The smallest absolute Gasteiger partial charge is 0.367 e. The van der Waals surface area contributed by atoms with Crippen molar-refractivity contribution in [1.29, 1.82) is 0 Å². The summed E-state index contributed by atoms with van der Waals surface area (Å²) in [6.45, 7) is 3.64. The van der Waals surface area contributed by atoms with Gasteiger partial charge in [-0.2, -0.15) is 13.2 Å². The molecule has 0 radical (unpaired) electrons. The quantitative estimate of drug-likeness (QED) is 0.887. The second-order valence-corrected chi connectivity index (χ2v) is 6.92. The predicted molar refractivity (Wildman–Crippen MR) is 99.9 cm³/mol. The van der Waals surface area contributed by atoms with Gasteiger partial charge in [0.2, 0.25) is 0 Å². The lowest BCUT2D eigenvalue weighted by Crippen LogP contribution is -2.66. The fourth-order valence-corrected chi connectivity index (χ4v) is 3.50. The highest BCUT2D eigenvalue weighted by atomic mass is 19.4. The molecule has 0 spiro atoms. The minimum atomic E-state index is -4.89. The summed E-state index contributed by atoms with van der Waals surface area (Å²) < 4.78 is 38.0. The Morgan fingerprint density at radius 1 is 1.00 bits per heavy atom. The maximum Gasteiger partial charge on any atom is 0.471 e. The fraction of sp³-hybridized carbons (Fsp3) is 0.350. The molecule has 0 saturated carbocycles. The average molecular weight is 377 g/mol. The van der Waals surface area contributed by atoms with Crippen LogP contribution in [0.3, 0.4) is 0 Å². The largest absolute Gasteiger partial charge is 0.471 e. The maximum atomic E-state index is 12.7. The van der Waals surface area contributed by atoms with Crippen LogP contribution in [-0.4, -0.2) is 43.8 Å². The van der Waals surface area contributed by atoms with Crippen LogP contribution >= 0.6 is 0 Å². The van der Waals surface area contributed by atoms with E-state index in [9.17, 15) is 18.0 Å². The molecule has 1 aliphatic rings. The van der Waals surface area contributed by atoms with Crippen LogP contribution in [0.5, 0.6) is 0 Å². The molecule has 2 aromatic carbocycles. The van der Waals surface area contributed by atoms with Gasteiger partial charge in [0.05, 0.1) is 5.54 Å². The first-order chi connectivity index (χ1) is 12.8. The molecule has 1 aliphatic heterocycles. The summed E-state index contributed by atoms with van der Waals surface area (Å²) in [5, 5.41) is 2.07. The lowest BCUT2D eigenvalue weighted by Gasteiger charge is -2.51. The summed E-state index contributed by atoms with van der Waals surface area (Å²) in [6, 6.07) is 19.3. The molecular weight excluding hydrogens is 355 g/mol. The summed E-state index contributed by atoms with van der Waals surface area (Å²) in [5.41, 5.74) is 1.24. The number of carbonyl (C=O) groups excluding carboxylic acids is 1. The Hall–Kier alpha value is -2.70. The normalized spacial score (nSPS) is 20.4. The van der Waals surface area contributed by atoms with E-state index in [1.165, 1.54) is 0 Å². The maximum absolute atomic E-state index is 12.7. The van der Waals surface area contributed by atoms with Crippen molar-refractivity contribution in [3.63, 3.8) is 0 Å². The molecule has 1 atom stereocenters. The van der Waals surface area contributed by atoms with Crippen LogP contribution in [0.1, 0.15) is 6.92 Å².